The number of hydrogen-bond acceptors (Lipinski definition) is 8. The Morgan fingerprint density at radius 1 is 0.711 bits per heavy atom. The van der Waals surface area contributed by atoms with Crippen molar-refractivity contribution in [2.24, 2.45) is 9.98 Å². The molecule has 45 heavy (non-hydrogen) atoms. The van der Waals surface area contributed by atoms with Crippen LogP contribution in [0.25, 0.3) is 10.8 Å². The first-order chi connectivity index (χ1) is 20.9. The van der Waals surface area contributed by atoms with Crippen LogP contribution in [-0.2, 0) is 26.4 Å². The van der Waals surface area contributed by atoms with E-state index in [9.17, 15) is 10.2 Å². The number of carboxylic acids is 2. The summed E-state index contributed by atoms with van der Waals surface area (Å²) in [6.07, 6.45) is 5.50. The van der Waals surface area contributed by atoms with Crippen LogP contribution in [0.2, 0.25) is 0 Å². The molecule has 1 radical (unpaired) electrons. The number of carbonyl (C=O) groups excluding carboxylic acids is 2. The first-order valence-corrected chi connectivity index (χ1v) is 14.5. The molecule has 0 bridgehead atoms. The van der Waals surface area contributed by atoms with Crippen molar-refractivity contribution in [1.29, 1.82) is 0 Å². The third-order valence-electron chi connectivity index (χ3n) is 7.01. The normalized spacial score (nSPS) is 12.0. The molecule has 2 N–H and O–H groups in total. The standard InChI is InChI=1S/C32H34N2O2.2C2H4O2.Co/c1-5-21(3)24-13-15-30(35)26(17-24)19-33-28-11-7-9-23-10-8-12-29(32(23)28)34-20-27-18-25(22(4)6-2)14-16-31(27)36;2*1-2(3)4;/h7-22,35-36H,5-6H2,1-4H3;2*1H3,(H,3,4);/q;;;+2/p-2. The third-order valence-corrected chi connectivity index (χ3v) is 7.01. The van der Waals surface area contributed by atoms with E-state index in [1.54, 1.807) is 24.6 Å². The summed E-state index contributed by atoms with van der Waals surface area (Å²) in [4.78, 5) is 27.3. The van der Waals surface area contributed by atoms with Crippen molar-refractivity contribution in [1.82, 2.24) is 0 Å². The Balaban J connectivity index is 0.00000101. The second kappa shape index (κ2) is 19.0. The van der Waals surface area contributed by atoms with E-state index in [0.29, 0.717) is 23.0 Å². The summed E-state index contributed by atoms with van der Waals surface area (Å²) in [5.74, 6) is -0.931. The molecule has 0 amide bonds. The molecule has 0 saturated heterocycles. The van der Waals surface area contributed by atoms with Gasteiger partial charge in [0.2, 0.25) is 0 Å². The summed E-state index contributed by atoms with van der Waals surface area (Å²) in [6.45, 7) is 10.6. The molecule has 0 spiro atoms. The predicted octanol–water partition coefficient (Wildman–Crippen LogP) is 6.29. The first-order valence-electron chi connectivity index (χ1n) is 14.5. The van der Waals surface area contributed by atoms with Crippen LogP contribution in [0.15, 0.2) is 82.8 Å². The van der Waals surface area contributed by atoms with Crippen molar-refractivity contribution in [2.45, 2.75) is 66.2 Å². The number of hydrogen-bond donors (Lipinski definition) is 2. The summed E-state index contributed by atoms with van der Waals surface area (Å²) in [6, 6.07) is 23.3. The van der Waals surface area contributed by atoms with E-state index in [-0.39, 0.29) is 28.3 Å². The molecular weight excluding hydrogens is 615 g/mol. The topological polar surface area (TPSA) is 145 Å². The van der Waals surface area contributed by atoms with E-state index in [1.807, 2.05) is 60.7 Å². The van der Waals surface area contributed by atoms with Gasteiger partial charge in [-0.1, -0.05) is 64.1 Å². The Morgan fingerprint density at radius 3 is 1.40 bits per heavy atom. The fraction of sp³-hybridized carbons (Fsp3) is 0.278. The molecule has 0 aromatic heterocycles. The smallest absolute Gasteiger partial charge is 0.550 e. The number of benzene rings is 4. The summed E-state index contributed by atoms with van der Waals surface area (Å²) >= 11 is 0. The Labute approximate surface area is 275 Å². The average molecular weight is 656 g/mol. The molecule has 0 heterocycles. The van der Waals surface area contributed by atoms with Crippen LogP contribution >= 0.6 is 0 Å². The van der Waals surface area contributed by atoms with Gasteiger partial charge in [-0.15, -0.1) is 0 Å². The Morgan fingerprint density at radius 2 is 1.07 bits per heavy atom. The number of rotatable bonds is 8. The third kappa shape index (κ3) is 12.2. The molecule has 0 aliphatic heterocycles. The van der Waals surface area contributed by atoms with Gasteiger partial charge in [0.05, 0.1) is 11.4 Å². The molecular formula is C36H40CoN2O6. The molecule has 4 aromatic carbocycles. The SMILES string of the molecule is CC(=O)[O-].CC(=O)[O-].CCC(C)c1ccc(O)c(C=Nc2cccc3cccc(N=Cc4cc(C(C)CC)ccc4O)c23)c1.[Co+2]. The minimum absolute atomic E-state index is 0. The van der Waals surface area contributed by atoms with Crippen LogP contribution in [0.4, 0.5) is 11.4 Å². The van der Waals surface area contributed by atoms with E-state index in [1.165, 1.54) is 11.1 Å². The molecule has 0 fully saturated rings. The van der Waals surface area contributed by atoms with Crippen molar-refractivity contribution in [3.63, 3.8) is 0 Å². The molecule has 0 saturated carbocycles. The zero-order valence-electron chi connectivity index (χ0n) is 26.4. The van der Waals surface area contributed by atoms with Gasteiger partial charge in [-0.25, -0.2) is 0 Å². The Kier molecular flexibility index (Phi) is 16.3. The fourth-order valence-electron chi connectivity index (χ4n) is 4.23. The van der Waals surface area contributed by atoms with Crippen molar-refractivity contribution < 1.29 is 46.8 Å². The maximum Gasteiger partial charge on any atom is 2.00 e. The molecule has 239 valence electrons. The number of fused-ring (bicyclic) bond motifs is 1. The van der Waals surface area contributed by atoms with Gasteiger partial charge in [0.1, 0.15) is 11.5 Å². The second-order valence-corrected chi connectivity index (χ2v) is 10.4. The Bertz CT molecular complexity index is 1510. The molecule has 9 heteroatoms. The van der Waals surface area contributed by atoms with E-state index in [4.69, 9.17) is 29.8 Å². The van der Waals surface area contributed by atoms with Gasteiger partial charge < -0.3 is 30.0 Å². The molecule has 2 atom stereocenters. The van der Waals surface area contributed by atoms with Crippen molar-refractivity contribution in [3.8, 4) is 11.5 Å². The first kappa shape index (κ1) is 38.6. The van der Waals surface area contributed by atoms with Gasteiger partial charge in [-0.05, 0) is 91.4 Å². The molecule has 4 aromatic rings. The van der Waals surface area contributed by atoms with Crippen molar-refractivity contribution in [2.75, 3.05) is 0 Å². The number of phenols is 2. The number of aliphatic carboxylic acids is 2. The molecule has 0 aliphatic carbocycles. The minimum atomic E-state index is -1.08. The van der Waals surface area contributed by atoms with Gasteiger partial charge in [0.15, 0.2) is 0 Å². The number of aromatic hydroxyl groups is 2. The number of carbonyl (C=O) groups is 2. The number of aliphatic imine (C=N–C) groups is 2. The van der Waals surface area contributed by atoms with Gasteiger partial charge >= 0.3 is 16.8 Å². The largest absolute Gasteiger partial charge is 2.00 e. The summed E-state index contributed by atoms with van der Waals surface area (Å²) in [7, 11) is 0. The molecule has 8 nitrogen and oxygen atoms in total. The van der Waals surface area contributed by atoms with E-state index < -0.39 is 11.9 Å². The summed E-state index contributed by atoms with van der Waals surface area (Å²) in [5, 5.41) is 40.5. The monoisotopic (exact) mass is 655 g/mol. The maximum absolute atomic E-state index is 10.4. The molecule has 2 unspecified atom stereocenters. The summed E-state index contributed by atoms with van der Waals surface area (Å²) < 4.78 is 0. The molecule has 0 aliphatic rings. The van der Waals surface area contributed by atoms with Gasteiger partial charge in [0.25, 0.3) is 0 Å². The minimum Gasteiger partial charge on any atom is -0.550 e. The van der Waals surface area contributed by atoms with Gasteiger partial charge in [-0.3, -0.25) is 9.98 Å². The Hall–Kier alpha value is -4.47. The van der Waals surface area contributed by atoms with Gasteiger partial charge in [0, 0.05) is 40.9 Å². The van der Waals surface area contributed by atoms with Crippen LogP contribution in [0.5, 0.6) is 11.5 Å². The van der Waals surface area contributed by atoms with Gasteiger partial charge in [-0.2, -0.15) is 0 Å². The van der Waals surface area contributed by atoms with E-state index >= 15 is 0 Å². The van der Waals surface area contributed by atoms with Crippen LogP contribution in [0.1, 0.15) is 88.5 Å². The van der Waals surface area contributed by atoms with Crippen LogP contribution in [0.3, 0.4) is 0 Å². The predicted molar refractivity (Wildman–Crippen MR) is 173 cm³/mol. The zero-order chi connectivity index (χ0) is 32.8. The zero-order valence-corrected chi connectivity index (χ0v) is 27.4. The van der Waals surface area contributed by atoms with E-state index in [0.717, 1.165) is 48.8 Å². The number of carboxylic acid groups (broad SMARTS) is 2. The maximum atomic E-state index is 10.4. The average Bonchev–Trinajstić information content (AvgIpc) is 2.98. The van der Waals surface area contributed by atoms with Crippen LogP contribution < -0.4 is 10.2 Å². The van der Waals surface area contributed by atoms with Crippen molar-refractivity contribution >= 4 is 46.5 Å². The van der Waals surface area contributed by atoms with Crippen molar-refractivity contribution in [3.05, 3.63) is 95.1 Å². The van der Waals surface area contributed by atoms with Crippen LogP contribution in [-0.4, -0.2) is 34.6 Å². The number of nitrogens with zero attached hydrogens (tertiary/aromatic N) is 2. The quantitative estimate of drug-likeness (QED) is 0.214. The molecule has 4 rings (SSSR count). The van der Waals surface area contributed by atoms with Crippen LogP contribution in [0, 0.1) is 0 Å². The fourth-order valence-corrected chi connectivity index (χ4v) is 4.23. The van der Waals surface area contributed by atoms with E-state index in [2.05, 4.69) is 27.7 Å². The summed E-state index contributed by atoms with van der Waals surface area (Å²) in [5.41, 5.74) is 5.28. The second-order valence-electron chi connectivity index (χ2n) is 10.4. The number of phenolic OH excluding ortho intramolecular Hbond substituents is 2.